The number of alkyl halides is 3. The van der Waals surface area contributed by atoms with Gasteiger partial charge in [-0.1, -0.05) is 15.9 Å². The van der Waals surface area contributed by atoms with E-state index in [9.17, 15) is 18.0 Å². The summed E-state index contributed by atoms with van der Waals surface area (Å²) in [5, 5.41) is 11.5. The fraction of sp³-hybridized carbons (Fsp3) is 0.300. The van der Waals surface area contributed by atoms with E-state index in [4.69, 9.17) is 10.8 Å². The second kappa shape index (κ2) is 5.57. The number of anilines is 1. The van der Waals surface area contributed by atoms with Crippen molar-refractivity contribution in [1.29, 1.82) is 0 Å². The van der Waals surface area contributed by atoms with E-state index >= 15 is 0 Å². The highest BCUT2D eigenvalue weighted by Crippen LogP contribution is 2.36. The van der Waals surface area contributed by atoms with E-state index in [1.165, 1.54) is 12.1 Å². The number of rotatable bonds is 4. The SMILES string of the molecule is NC(=O)C(O)CNc1cc(Br)ccc1C(F)(F)F. The lowest BCUT2D eigenvalue weighted by Gasteiger charge is -2.16. The number of hydrogen-bond acceptors (Lipinski definition) is 3. The summed E-state index contributed by atoms with van der Waals surface area (Å²) in [7, 11) is 0. The standard InChI is InChI=1S/C10H10BrF3N2O2/c11-5-1-2-6(10(12,13)14)7(3-5)16-4-8(17)9(15)18/h1-3,8,16-17H,4H2,(H2,15,18). The van der Waals surface area contributed by atoms with Gasteiger partial charge in [-0.15, -0.1) is 0 Å². The fourth-order valence-electron chi connectivity index (χ4n) is 1.22. The van der Waals surface area contributed by atoms with Crippen LogP contribution in [0.3, 0.4) is 0 Å². The molecule has 0 saturated heterocycles. The third kappa shape index (κ3) is 3.88. The van der Waals surface area contributed by atoms with Gasteiger partial charge in [0.2, 0.25) is 5.91 Å². The lowest BCUT2D eigenvalue weighted by Crippen LogP contribution is -2.34. The van der Waals surface area contributed by atoms with Gasteiger partial charge in [-0.3, -0.25) is 4.79 Å². The number of carbonyl (C=O) groups excluding carboxylic acids is 1. The molecular formula is C10H10BrF3N2O2. The van der Waals surface area contributed by atoms with Crippen molar-refractivity contribution in [2.75, 3.05) is 11.9 Å². The maximum absolute atomic E-state index is 12.7. The molecule has 0 fully saturated rings. The Balaban J connectivity index is 2.93. The molecule has 8 heteroatoms. The molecule has 100 valence electrons. The van der Waals surface area contributed by atoms with Crippen molar-refractivity contribution in [3.63, 3.8) is 0 Å². The zero-order chi connectivity index (χ0) is 13.9. The molecule has 0 heterocycles. The number of primary amides is 1. The zero-order valence-corrected chi connectivity index (χ0v) is 10.5. The predicted molar refractivity (Wildman–Crippen MR) is 62.8 cm³/mol. The van der Waals surface area contributed by atoms with Crippen molar-refractivity contribution < 1.29 is 23.1 Å². The molecule has 1 aromatic carbocycles. The van der Waals surface area contributed by atoms with Gasteiger partial charge >= 0.3 is 6.18 Å². The molecule has 0 spiro atoms. The van der Waals surface area contributed by atoms with E-state index < -0.39 is 30.3 Å². The first-order valence-electron chi connectivity index (χ1n) is 4.80. The molecule has 1 atom stereocenters. The molecule has 0 saturated carbocycles. The predicted octanol–water partition coefficient (Wildman–Crippen LogP) is 1.73. The monoisotopic (exact) mass is 326 g/mol. The first-order valence-corrected chi connectivity index (χ1v) is 5.59. The van der Waals surface area contributed by atoms with Gasteiger partial charge in [-0.05, 0) is 18.2 Å². The lowest BCUT2D eigenvalue weighted by atomic mass is 10.1. The number of carbonyl (C=O) groups is 1. The number of nitrogens with two attached hydrogens (primary N) is 1. The third-order valence-corrected chi connectivity index (χ3v) is 2.59. The van der Waals surface area contributed by atoms with Crippen LogP contribution in [0.1, 0.15) is 5.56 Å². The quantitative estimate of drug-likeness (QED) is 0.788. The molecule has 0 aliphatic heterocycles. The van der Waals surface area contributed by atoms with Crippen molar-refractivity contribution in [3.05, 3.63) is 28.2 Å². The minimum atomic E-state index is -4.53. The zero-order valence-electron chi connectivity index (χ0n) is 8.96. The molecule has 0 aliphatic carbocycles. The van der Waals surface area contributed by atoms with Gasteiger partial charge in [-0.25, -0.2) is 0 Å². The number of aliphatic hydroxyl groups is 1. The number of aliphatic hydroxyl groups excluding tert-OH is 1. The number of benzene rings is 1. The average molecular weight is 327 g/mol. The van der Waals surface area contributed by atoms with Crippen LogP contribution in [0.5, 0.6) is 0 Å². The van der Waals surface area contributed by atoms with Gasteiger partial charge in [0.25, 0.3) is 0 Å². The Hall–Kier alpha value is -1.28. The summed E-state index contributed by atoms with van der Waals surface area (Å²) in [5.74, 6) is -1.01. The molecular weight excluding hydrogens is 317 g/mol. The highest BCUT2D eigenvalue weighted by Gasteiger charge is 2.33. The Labute approximate surface area is 109 Å². The number of halogens is 4. The van der Waals surface area contributed by atoms with Gasteiger partial charge in [0, 0.05) is 16.7 Å². The molecule has 4 nitrogen and oxygen atoms in total. The van der Waals surface area contributed by atoms with E-state index in [2.05, 4.69) is 21.2 Å². The summed E-state index contributed by atoms with van der Waals surface area (Å²) in [4.78, 5) is 10.6. The number of amides is 1. The summed E-state index contributed by atoms with van der Waals surface area (Å²) < 4.78 is 38.4. The molecule has 0 bridgehead atoms. The summed E-state index contributed by atoms with van der Waals surface area (Å²) >= 11 is 3.04. The van der Waals surface area contributed by atoms with Crippen molar-refractivity contribution in [2.45, 2.75) is 12.3 Å². The Morgan fingerprint density at radius 1 is 1.50 bits per heavy atom. The molecule has 1 aromatic rings. The van der Waals surface area contributed by atoms with Gasteiger partial charge < -0.3 is 16.2 Å². The molecule has 1 rings (SSSR count). The fourth-order valence-corrected chi connectivity index (χ4v) is 1.58. The van der Waals surface area contributed by atoms with E-state index in [0.717, 1.165) is 6.07 Å². The van der Waals surface area contributed by atoms with Crippen LogP contribution < -0.4 is 11.1 Å². The Morgan fingerprint density at radius 3 is 2.61 bits per heavy atom. The van der Waals surface area contributed by atoms with Crippen molar-refractivity contribution in [1.82, 2.24) is 0 Å². The van der Waals surface area contributed by atoms with E-state index in [1.54, 1.807) is 0 Å². The molecule has 0 aromatic heterocycles. The summed E-state index contributed by atoms with van der Waals surface area (Å²) in [6.07, 6.45) is -6.08. The molecule has 0 radical (unpaired) electrons. The summed E-state index contributed by atoms with van der Waals surface area (Å²) in [5.41, 5.74) is 3.67. The van der Waals surface area contributed by atoms with E-state index in [-0.39, 0.29) is 5.69 Å². The van der Waals surface area contributed by atoms with Crippen LogP contribution in [-0.2, 0) is 11.0 Å². The molecule has 0 aliphatic rings. The van der Waals surface area contributed by atoms with Gasteiger partial charge in [0.05, 0.1) is 5.56 Å². The third-order valence-electron chi connectivity index (χ3n) is 2.10. The first-order chi connectivity index (χ1) is 8.21. The largest absolute Gasteiger partial charge is 0.418 e. The van der Waals surface area contributed by atoms with Crippen molar-refractivity contribution in [2.24, 2.45) is 5.73 Å². The second-order valence-electron chi connectivity index (χ2n) is 3.49. The smallest absolute Gasteiger partial charge is 0.381 e. The first kappa shape index (κ1) is 14.8. The Bertz CT molecular complexity index is 451. The topological polar surface area (TPSA) is 75.4 Å². The molecule has 1 amide bonds. The summed E-state index contributed by atoms with van der Waals surface area (Å²) in [6.45, 7) is -0.394. The van der Waals surface area contributed by atoms with Crippen LogP contribution in [0.2, 0.25) is 0 Å². The number of hydrogen-bond donors (Lipinski definition) is 3. The van der Waals surface area contributed by atoms with Crippen LogP contribution in [0.4, 0.5) is 18.9 Å². The van der Waals surface area contributed by atoms with Gasteiger partial charge in [0.1, 0.15) is 6.10 Å². The highest BCUT2D eigenvalue weighted by atomic mass is 79.9. The van der Waals surface area contributed by atoms with Crippen LogP contribution in [0, 0.1) is 0 Å². The minimum Gasteiger partial charge on any atom is -0.381 e. The van der Waals surface area contributed by atoms with E-state index in [1.807, 2.05) is 0 Å². The molecule has 1 unspecified atom stereocenters. The Kier molecular flexibility index (Phi) is 4.58. The van der Waals surface area contributed by atoms with Crippen LogP contribution in [0.25, 0.3) is 0 Å². The van der Waals surface area contributed by atoms with Gasteiger partial charge in [0.15, 0.2) is 0 Å². The van der Waals surface area contributed by atoms with E-state index in [0.29, 0.717) is 4.47 Å². The minimum absolute atomic E-state index is 0.239. The van der Waals surface area contributed by atoms with Crippen LogP contribution >= 0.6 is 15.9 Å². The van der Waals surface area contributed by atoms with Crippen LogP contribution in [0.15, 0.2) is 22.7 Å². The maximum Gasteiger partial charge on any atom is 0.418 e. The summed E-state index contributed by atoms with van der Waals surface area (Å²) in [6, 6.07) is 3.35. The lowest BCUT2D eigenvalue weighted by molar-refractivity contribution is -0.137. The molecule has 4 N–H and O–H groups in total. The maximum atomic E-state index is 12.7. The number of nitrogens with one attached hydrogen (secondary N) is 1. The average Bonchev–Trinajstić information content (AvgIpc) is 2.23. The highest BCUT2D eigenvalue weighted by molar-refractivity contribution is 9.10. The van der Waals surface area contributed by atoms with Gasteiger partial charge in [-0.2, -0.15) is 13.2 Å². The van der Waals surface area contributed by atoms with Crippen molar-refractivity contribution in [3.8, 4) is 0 Å². The van der Waals surface area contributed by atoms with Crippen molar-refractivity contribution >= 4 is 27.5 Å². The normalized spacial score (nSPS) is 13.2. The molecule has 18 heavy (non-hydrogen) atoms. The van der Waals surface area contributed by atoms with Crippen LogP contribution in [-0.4, -0.2) is 23.7 Å². The Morgan fingerprint density at radius 2 is 2.11 bits per heavy atom. The second-order valence-corrected chi connectivity index (χ2v) is 4.40.